The van der Waals surface area contributed by atoms with Gasteiger partial charge in [-0.2, -0.15) is 0 Å². The highest BCUT2D eigenvalue weighted by atomic mass is 32.2. The number of benzene rings is 1. The van der Waals surface area contributed by atoms with E-state index in [0.717, 1.165) is 37.5 Å². The number of nitrogens with zero attached hydrogens (tertiary/aromatic N) is 1. The van der Waals surface area contributed by atoms with Gasteiger partial charge in [-0.15, -0.1) is 0 Å². The van der Waals surface area contributed by atoms with Gasteiger partial charge in [-0.3, -0.25) is 4.99 Å². The van der Waals surface area contributed by atoms with Gasteiger partial charge >= 0.3 is 0 Å². The molecule has 1 N–H and O–H groups in total. The van der Waals surface area contributed by atoms with E-state index in [0.29, 0.717) is 11.2 Å². The lowest BCUT2D eigenvalue weighted by molar-refractivity contribution is 0.335. The van der Waals surface area contributed by atoms with Gasteiger partial charge in [0.25, 0.3) is 0 Å². The van der Waals surface area contributed by atoms with E-state index in [1.54, 1.807) is 0 Å². The first-order valence-corrected chi connectivity index (χ1v) is 7.71. The maximum Gasteiger partial charge on any atom is 0.161 e. The molecule has 0 atom stereocenters. The largest absolute Gasteiger partial charge is 0.332 e. The van der Waals surface area contributed by atoms with E-state index in [1.165, 1.54) is 18.2 Å². The molecule has 0 unspecified atom stereocenters. The zero-order valence-electron chi connectivity index (χ0n) is 10.9. The smallest absolute Gasteiger partial charge is 0.161 e. The fourth-order valence-electron chi connectivity index (χ4n) is 2.75. The van der Waals surface area contributed by atoms with Crippen LogP contribution in [0.25, 0.3) is 0 Å². The predicted octanol–water partition coefficient (Wildman–Crippen LogP) is 4.32. The molecular formula is C14H15F3N2S. The number of aliphatic imine (C=N–C) groups is 1. The Bertz CT molecular complexity index is 554. The van der Waals surface area contributed by atoms with Crippen LogP contribution in [-0.2, 0) is 0 Å². The number of rotatable bonds is 1. The summed E-state index contributed by atoms with van der Waals surface area (Å²) < 4.78 is 39.6. The molecule has 20 heavy (non-hydrogen) atoms. The number of hydrogen-bond donors (Lipinski definition) is 1. The number of amidine groups is 1. The monoisotopic (exact) mass is 300 g/mol. The van der Waals surface area contributed by atoms with Gasteiger partial charge in [0.15, 0.2) is 16.8 Å². The maximum atomic E-state index is 13.6. The van der Waals surface area contributed by atoms with Crippen molar-refractivity contribution in [1.82, 2.24) is 0 Å². The van der Waals surface area contributed by atoms with E-state index in [1.807, 2.05) is 0 Å². The highest BCUT2D eigenvalue weighted by Crippen LogP contribution is 2.40. The zero-order valence-corrected chi connectivity index (χ0v) is 11.7. The van der Waals surface area contributed by atoms with Gasteiger partial charge in [-0.25, -0.2) is 13.2 Å². The van der Waals surface area contributed by atoms with Crippen LogP contribution in [0, 0.1) is 17.5 Å². The molecule has 0 saturated heterocycles. The number of anilines is 1. The van der Waals surface area contributed by atoms with E-state index in [-0.39, 0.29) is 11.2 Å². The molecule has 2 aliphatic rings. The lowest BCUT2D eigenvalue weighted by Gasteiger charge is -2.29. The molecule has 0 amide bonds. The maximum absolute atomic E-state index is 13.6. The quantitative estimate of drug-likeness (QED) is 0.781. The van der Waals surface area contributed by atoms with Crippen LogP contribution in [0.5, 0.6) is 0 Å². The Labute approximate surface area is 119 Å². The van der Waals surface area contributed by atoms with Gasteiger partial charge in [-0.1, -0.05) is 31.0 Å². The highest BCUT2D eigenvalue weighted by molar-refractivity contribution is 8.14. The molecule has 1 aromatic rings. The Hall–Kier alpha value is -1.17. The molecule has 0 aromatic heterocycles. The predicted molar refractivity (Wildman–Crippen MR) is 75.6 cm³/mol. The van der Waals surface area contributed by atoms with E-state index < -0.39 is 17.5 Å². The second-order valence-electron chi connectivity index (χ2n) is 5.36. The van der Waals surface area contributed by atoms with Gasteiger partial charge in [0.2, 0.25) is 0 Å². The third-order valence-corrected chi connectivity index (χ3v) is 5.00. The first-order chi connectivity index (χ1) is 9.58. The van der Waals surface area contributed by atoms with Gasteiger partial charge in [-0.05, 0) is 12.8 Å². The Balaban J connectivity index is 1.78. The second kappa shape index (κ2) is 5.31. The van der Waals surface area contributed by atoms with Crippen LogP contribution in [0.3, 0.4) is 0 Å². The fourth-order valence-corrected chi connectivity index (χ4v) is 3.95. The van der Waals surface area contributed by atoms with Crippen LogP contribution in [0.2, 0.25) is 0 Å². The lowest BCUT2D eigenvalue weighted by Crippen LogP contribution is -2.29. The first-order valence-electron chi connectivity index (χ1n) is 6.72. The third kappa shape index (κ3) is 2.66. The molecule has 2 nitrogen and oxygen atoms in total. The molecule has 3 rings (SSSR count). The Kier molecular flexibility index (Phi) is 3.67. The molecule has 1 heterocycles. The van der Waals surface area contributed by atoms with Gasteiger partial charge in [0.05, 0.1) is 11.2 Å². The van der Waals surface area contributed by atoms with Crippen LogP contribution in [0.1, 0.15) is 32.1 Å². The number of hydrogen-bond acceptors (Lipinski definition) is 3. The van der Waals surface area contributed by atoms with Gasteiger partial charge in [0.1, 0.15) is 5.82 Å². The molecule has 1 spiro atoms. The van der Waals surface area contributed by atoms with Crippen LogP contribution >= 0.6 is 11.8 Å². The molecular weight excluding hydrogens is 285 g/mol. The zero-order chi connectivity index (χ0) is 14.2. The molecule has 6 heteroatoms. The molecule has 1 saturated carbocycles. The van der Waals surface area contributed by atoms with Crippen LogP contribution in [0.4, 0.5) is 18.9 Å². The van der Waals surface area contributed by atoms with Crippen molar-refractivity contribution in [2.75, 3.05) is 11.1 Å². The second-order valence-corrected chi connectivity index (χ2v) is 6.33. The van der Waals surface area contributed by atoms with Crippen molar-refractivity contribution in [3.8, 4) is 0 Å². The summed E-state index contributed by atoms with van der Waals surface area (Å²) in [6.07, 6.45) is 5.66. The molecule has 1 aromatic carbocycles. The van der Waals surface area contributed by atoms with Crippen molar-refractivity contribution in [3.05, 3.63) is 29.6 Å². The van der Waals surface area contributed by atoms with Crippen molar-refractivity contribution in [2.45, 2.75) is 37.6 Å². The summed E-state index contributed by atoms with van der Waals surface area (Å²) in [7, 11) is 0. The van der Waals surface area contributed by atoms with E-state index in [9.17, 15) is 13.2 Å². The van der Waals surface area contributed by atoms with Gasteiger partial charge in [0, 0.05) is 17.9 Å². The Morgan fingerprint density at radius 3 is 2.45 bits per heavy atom. The average molecular weight is 300 g/mol. The number of halogens is 3. The molecule has 0 radical (unpaired) electrons. The Morgan fingerprint density at radius 1 is 1.00 bits per heavy atom. The van der Waals surface area contributed by atoms with Crippen molar-refractivity contribution in [1.29, 1.82) is 0 Å². The topological polar surface area (TPSA) is 24.4 Å². The first kappa shape index (κ1) is 13.8. The highest BCUT2D eigenvalue weighted by Gasteiger charge is 2.36. The van der Waals surface area contributed by atoms with Crippen LogP contribution < -0.4 is 5.32 Å². The van der Waals surface area contributed by atoms with E-state index >= 15 is 0 Å². The Morgan fingerprint density at radius 2 is 1.70 bits per heavy atom. The summed E-state index contributed by atoms with van der Waals surface area (Å²) in [4.78, 5) is 4.65. The summed E-state index contributed by atoms with van der Waals surface area (Å²) in [6.45, 7) is 0. The summed E-state index contributed by atoms with van der Waals surface area (Å²) in [5.74, 6) is -2.18. The number of thioether (sulfide) groups is 1. The van der Waals surface area contributed by atoms with E-state index in [4.69, 9.17) is 0 Å². The average Bonchev–Trinajstić information content (AvgIpc) is 2.79. The normalized spacial score (nSPS) is 21.1. The van der Waals surface area contributed by atoms with E-state index in [2.05, 4.69) is 10.3 Å². The van der Waals surface area contributed by atoms with Crippen molar-refractivity contribution in [3.63, 3.8) is 0 Å². The minimum absolute atomic E-state index is 0.0414. The summed E-state index contributed by atoms with van der Waals surface area (Å²) >= 11 is 1.52. The minimum atomic E-state index is -1.18. The van der Waals surface area contributed by atoms with Crippen LogP contribution in [0.15, 0.2) is 17.1 Å². The lowest BCUT2D eigenvalue weighted by atomic mass is 9.84. The number of nitrogens with one attached hydrogen (secondary N) is 1. The van der Waals surface area contributed by atoms with Gasteiger partial charge < -0.3 is 5.32 Å². The molecule has 108 valence electrons. The fraction of sp³-hybridized carbons (Fsp3) is 0.500. The van der Waals surface area contributed by atoms with Crippen LogP contribution in [-0.4, -0.2) is 16.5 Å². The molecule has 1 fully saturated rings. The van der Waals surface area contributed by atoms with Crippen molar-refractivity contribution in [2.24, 2.45) is 4.99 Å². The van der Waals surface area contributed by atoms with Crippen molar-refractivity contribution < 1.29 is 13.2 Å². The minimum Gasteiger partial charge on any atom is -0.332 e. The summed E-state index contributed by atoms with van der Waals surface area (Å²) in [5, 5.41) is 3.37. The molecule has 1 aliphatic heterocycles. The van der Waals surface area contributed by atoms with Crippen molar-refractivity contribution >= 4 is 22.6 Å². The summed E-state index contributed by atoms with van der Waals surface area (Å²) in [6, 6.07) is 1.38. The SMILES string of the molecule is Fc1cc(F)c(NC2=NC3(CCCCC3)CS2)cc1F. The molecule has 1 aliphatic carbocycles. The standard InChI is InChI=1S/C14H15F3N2S/c15-9-6-11(17)12(7-10(9)16)18-13-19-14(8-20-13)4-2-1-3-5-14/h6-7H,1-5,8H2,(H,18,19). The summed E-state index contributed by atoms with van der Waals surface area (Å²) in [5.41, 5.74) is -0.108. The third-order valence-electron chi connectivity index (χ3n) is 3.85. The molecule has 0 bridgehead atoms.